The smallest absolute Gasteiger partial charge is 0.433 e. The first-order valence-corrected chi connectivity index (χ1v) is 6.42. The van der Waals surface area contributed by atoms with E-state index in [1.165, 1.54) is 0 Å². The Morgan fingerprint density at radius 2 is 1.90 bits per heavy atom. The number of primary amides is 1. The second-order valence-electron chi connectivity index (χ2n) is 4.79. The van der Waals surface area contributed by atoms with Crippen molar-refractivity contribution < 1.29 is 22.7 Å². The van der Waals surface area contributed by atoms with Gasteiger partial charge in [0.2, 0.25) is 5.88 Å². The Labute approximate surface area is 114 Å². The number of carbonyl (C=O) groups excluding carboxylic acids is 1. The number of nitrogens with two attached hydrogens (primary N) is 1. The molecule has 0 unspecified atom stereocenters. The third-order valence-electron chi connectivity index (χ3n) is 3.25. The van der Waals surface area contributed by atoms with Gasteiger partial charge in [-0.2, -0.15) is 13.2 Å². The van der Waals surface area contributed by atoms with Gasteiger partial charge in [-0.3, -0.25) is 4.79 Å². The Morgan fingerprint density at radius 3 is 2.45 bits per heavy atom. The van der Waals surface area contributed by atoms with Gasteiger partial charge in [-0.1, -0.05) is 6.42 Å². The highest BCUT2D eigenvalue weighted by molar-refractivity contribution is 5.95. The molecular weight excluding hydrogens is 273 g/mol. The Bertz CT molecular complexity index is 497. The fraction of sp³-hybridized carbons (Fsp3) is 0.538. The highest BCUT2D eigenvalue weighted by Crippen LogP contribution is 2.31. The highest BCUT2D eigenvalue weighted by Gasteiger charge is 2.34. The molecule has 1 aromatic rings. The van der Waals surface area contributed by atoms with Crippen LogP contribution < -0.4 is 10.5 Å². The maximum atomic E-state index is 12.6. The number of hydrogen-bond acceptors (Lipinski definition) is 3. The molecular formula is C13H15F3N2O2. The van der Waals surface area contributed by atoms with Crippen LogP contribution in [0.3, 0.4) is 0 Å². The lowest BCUT2D eigenvalue weighted by molar-refractivity contribution is -0.141. The molecule has 7 heteroatoms. The molecule has 0 aliphatic heterocycles. The predicted molar refractivity (Wildman–Crippen MR) is 65.3 cm³/mol. The lowest BCUT2D eigenvalue weighted by atomic mass is 9.98. The van der Waals surface area contributed by atoms with Gasteiger partial charge in [0.15, 0.2) is 0 Å². The van der Waals surface area contributed by atoms with Gasteiger partial charge in [-0.15, -0.1) is 0 Å². The molecule has 0 spiro atoms. The minimum absolute atomic E-state index is 0.122. The van der Waals surface area contributed by atoms with Crippen molar-refractivity contribution >= 4 is 5.91 Å². The first-order chi connectivity index (χ1) is 9.38. The molecule has 1 amide bonds. The van der Waals surface area contributed by atoms with Crippen molar-refractivity contribution in [3.8, 4) is 5.88 Å². The van der Waals surface area contributed by atoms with E-state index in [4.69, 9.17) is 10.5 Å². The number of amides is 1. The summed E-state index contributed by atoms with van der Waals surface area (Å²) in [5.74, 6) is -1.17. The van der Waals surface area contributed by atoms with Crippen molar-refractivity contribution in [2.75, 3.05) is 0 Å². The number of rotatable bonds is 3. The van der Waals surface area contributed by atoms with Gasteiger partial charge in [0, 0.05) is 0 Å². The van der Waals surface area contributed by atoms with Crippen LogP contribution in [-0.2, 0) is 6.18 Å². The SMILES string of the molecule is NC(=O)c1ccc(C(F)(F)F)nc1OC1CCCCC1. The molecule has 0 bridgehead atoms. The average molecular weight is 288 g/mol. The summed E-state index contributed by atoms with van der Waals surface area (Å²) in [4.78, 5) is 14.7. The monoisotopic (exact) mass is 288 g/mol. The third kappa shape index (κ3) is 3.40. The van der Waals surface area contributed by atoms with Crippen LogP contribution in [0.25, 0.3) is 0 Å². The van der Waals surface area contributed by atoms with E-state index in [0.717, 1.165) is 44.2 Å². The quantitative estimate of drug-likeness (QED) is 0.930. The maximum absolute atomic E-state index is 12.6. The molecule has 4 nitrogen and oxygen atoms in total. The van der Waals surface area contributed by atoms with Gasteiger partial charge < -0.3 is 10.5 Å². The van der Waals surface area contributed by atoms with Crippen molar-refractivity contribution in [3.05, 3.63) is 23.4 Å². The van der Waals surface area contributed by atoms with Crippen LogP contribution in [0.2, 0.25) is 0 Å². The summed E-state index contributed by atoms with van der Waals surface area (Å²) in [5, 5.41) is 0. The molecule has 0 atom stereocenters. The molecule has 110 valence electrons. The number of halogens is 3. The van der Waals surface area contributed by atoms with Crippen LogP contribution in [0.4, 0.5) is 13.2 Å². The zero-order valence-corrected chi connectivity index (χ0v) is 10.7. The van der Waals surface area contributed by atoms with E-state index in [9.17, 15) is 18.0 Å². The van der Waals surface area contributed by atoms with Crippen LogP contribution in [0, 0.1) is 0 Å². The van der Waals surface area contributed by atoms with E-state index in [1.807, 2.05) is 0 Å². The first-order valence-electron chi connectivity index (χ1n) is 6.42. The molecule has 2 N–H and O–H groups in total. The van der Waals surface area contributed by atoms with E-state index in [-0.39, 0.29) is 17.5 Å². The van der Waals surface area contributed by atoms with E-state index < -0.39 is 17.8 Å². The Balaban J connectivity index is 2.29. The van der Waals surface area contributed by atoms with Gasteiger partial charge >= 0.3 is 6.18 Å². The van der Waals surface area contributed by atoms with E-state index >= 15 is 0 Å². The summed E-state index contributed by atoms with van der Waals surface area (Å²) in [6.45, 7) is 0. The lowest BCUT2D eigenvalue weighted by Crippen LogP contribution is -2.24. The number of nitrogens with zero attached hydrogens (tertiary/aromatic N) is 1. The summed E-state index contributed by atoms with van der Waals surface area (Å²) < 4.78 is 43.4. The van der Waals surface area contributed by atoms with Crippen molar-refractivity contribution in [3.63, 3.8) is 0 Å². The molecule has 1 saturated carbocycles. The molecule has 0 saturated heterocycles. The lowest BCUT2D eigenvalue weighted by Gasteiger charge is -2.23. The van der Waals surface area contributed by atoms with E-state index in [2.05, 4.69) is 4.98 Å². The molecule has 1 aliphatic rings. The predicted octanol–water partition coefficient (Wildman–Crippen LogP) is 2.91. The van der Waals surface area contributed by atoms with Crippen LogP contribution in [0.5, 0.6) is 5.88 Å². The number of carbonyl (C=O) groups is 1. The number of alkyl halides is 3. The minimum atomic E-state index is -4.58. The minimum Gasteiger partial charge on any atom is -0.474 e. The van der Waals surface area contributed by atoms with Crippen LogP contribution in [-0.4, -0.2) is 17.0 Å². The summed E-state index contributed by atoms with van der Waals surface area (Å²) >= 11 is 0. The van der Waals surface area contributed by atoms with Gasteiger partial charge in [0.05, 0.1) is 0 Å². The Hall–Kier alpha value is -1.79. The number of aromatic nitrogens is 1. The Morgan fingerprint density at radius 1 is 1.25 bits per heavy atom. The molecule has 20 heavy (non-hydrogen) atoms. The van der Waals surface area contributed by atoms with Gasteiger partial charge in [0.25, 0.3) is 5.91 Å². The second-order valence-corrected chi connectivity index (χ2v) is 4.79. The van der Waals surface area contributed by atoms with Crippen molar-refractivity contribution in [2.45, 2.75) is 44.4 Å². The van der Waals surface area contributed by atoms with Gasteiger partial charge in [-0.25, -0.2) is 4.98 Å². The van der Waals surface area contributed by atoms with Crippen LogP contribution in [0.1, 0.15) is 48.2 Å². The van der Waals surface area contributed by atoms with Crippen LogP contribution >= 0.6 is 0 Å². The number of pyridine rings is 1. The normalized spacial score (nSPS) is 16.9. The standard InChI is InChI=1S/C13H15F3N2O2/c14-13(15,16)10-7-6-9(11(17)19)12(18-10)20-8-4-2-1-3-5-8/h6-8H,1-5H2,(H2,17,19). The first kappa shape index (κ1) is 14.6. The zero-order chi connectivity index (χ0) is 14.8. The van der Waals surface area contributed by atoms with Crippen molar-refractivity contribution in [1.29, 1.82) is 0 Å². The Kier molecular flexibility index (Phi) is 4.15. The largest absolute Gasteiger partial charge is 0.474 e. The number of ether oxygens (including phenoxy) is 1. The number of hydrogen-bond donors (Lipinski definition) is 1. The molecule has 1 heterocycles. The van der Waals surface area contributed by atoms with Crippen molar-refractivity contribution in [2.24, 2.45) is 5.73 Å². The molecule has 2 rings (SSSR count). The fourth-order valence-corrected chi connectivity index (χ4v) is 2.22. The van der Waals surface area contributed by atoms with Gasteiger partial charge in [0.1, 0.15) is 17.4 Å². The summed E-state index contributed by atoms with van der Waals surface area (Å²) in [7, 11) is 0. The molecule has 0 aromatic carbocycles. The zero-order valence-electron chi connectivity index (χ0n) is 10.7. The van der Waals surface area contributed by atoms with Crippen LogP contribution in [0.15, 0.2) is 12.1 Å². The fourth-order valence-electron chi connectivity index (χ4n) is 2.22. The topological polar surface area (TPSA) is 65.2 Å². The molecule has 1 aromatic heterocycles. The van der Waals surface area contributed by atoms with Gasteiger partial charge in [-0.05, 0) is 37.8 Å². The maximum Gasteiger partial charge on any atom is 0.433 e. The summed E-state index contributed by atoms with van der Waals surface area (Å²) in [6.07, 6.45) is -0.311. The summed E-state index contributed by atoms with van der Waals surface area (Å²) in [5.41, 5.74) is 3.93. The highest BCUT2D eigenvalue weighted by atomic mass is 19.4. The second kappa shape index (κ2) is 5.68. The van der Waals surface area contributed by atoms with Crippen molar-refractivity contribution in [1.82, 2.24) is 4.98 Å². The average Bonchev–Trinajstić information content (AvgIpc) is 2.38. The molecule has 1 aliphatic carbocycles. The molecule has 0 radical (unpaired) electrons. The van der Waals surface area contributed by atoms with E-state index in [0.29, 0.717) is 0 Å². The third-order valence-corrected chi connectivity index (χ3v) is 3.25. The van der Waals surface area contributed by atoms with E-state index in [1.54, 1.807) is 0 Å². The molecule has 1 fully saturated rings. The summed E-state index contributed by atoms with van der Waals surface area (Å²) in [6, 6.07) is 1.74.